The van der Waals surface area contributed by atoms with E-state index in [-0.39, 0.29) is 11.7 Å². The fourth-order valence-electron chi connectivity index (χ4n) is 2.13. The van der Waals surface area contributed by atoms with Gasteiger partial charge < -0.3 is 15.2 Å². The van der Waals surface area contributed by atoms with Crippen LogP contribution in [0.1, 0.15) is 30.6 Å². The molecule has 0 aliphatic rings. The van der Waals surface area contributed by atoms with E-state index in [4.69, 9.17) is 4.74 Å². The second-order valence-electron chi connectivity index (χ2n) is 5.46. The molecule has 2 N–H and O–H groups in total. The molecular weight excluding hydrogens is 306 g/mol. The Labute approximate surface area is 141 Å². The number of ether oxygens (including phenoxy) is 1. The molecule has 0 bridgehead atoms. The lowest BCUT2D eigenvalue weighted by atomic mass is 10.0. The SMILES string of the molecule is CCCNC(=O)[C@@H](C)OC(=O)c1ccc(-c2ccc(O)cc2)cc1. The summed E-state index contributed by atoms with van der Waals surface area (Å²) in [6.07, 6.45) is -0.00804. The summed E-state index contributed by atoms with van der Waals surface area (Å²) >= 11 is 0. The summed E-state index contributed by atoms with van der Waals surface area (Å²) in [6, 6.07) is 13.7. The zero-order valence-electron chi connectivity index (χ0n) is 13.8. The van der Waals surface area contributed by atoms with Gasteiger partial charge in [-0.1, -0.05) is 31.2 Å². The highest BCUT2D eigenvalue weighted by Gasteiger charge is 2.18. The molecule has 0 aromatic heterocycles. The van der Waals surface area contributed by atoms with Crippen LogP contribution < -0.4 is 5.32 Å². The Bertz CT molecular complexity index is 692. The van der Waals surface area contributed by atoms with Crippen LogP contribution in [0, 0.1) is 0 Å². The normalized spacial score (nSPS) is 11.6. The van der Waals surface area contributed by atoms with E-state index in [0.29, 0.717) is 12.1 Å². The topological polar surface area (TPSA) is 75.6 Å². The Hall–Kier alpha value is -2.82. The molecule has 1 atom stereocenters. The van der Waals surface area contributed by atoms with Crippen molar-refractivity contribution in [1.29, 1.82) is 0 Å². The number of rotatable bonds is 6. The molecular formula is C19H21NO4. The zero-order chi connectivity index (χ0) is 17.5. The van der Waals surface area contributed by atoms with Crippen molar-refractivity contribution in [3.8, 4) is 16.9 Å². The van der Waals surface area contributed by atoms with Crippen molar-refractivity contribution in [2.75, 3.05) is 6.54 Å². The summed E-state index contributed by atoms with van der Waals surface area (Å²) in [7, 11) is 0. The van der Waals surface area contributed by atoms with Gasteiger partial charge in [-0.25, -0.2) is 4.79 Å². The quantitative estimate of drug-likeness (QED) is 0.799. The van der Waals surface area contributed by atoms with Gasteiger partial charge in [0.1, 0.15) is 5.75 Å². The van der Waals surface area contributed by atoms with E-state index in [1.54, 1.807) is 55.5 Å². The van der Waals surface area contributed by atoms with Crippen molar-refractivity contribution in [3.63, 3.8) is 0 Å². The van der Waals surface area contributed by atoms with Gasteiger partial charge in [0.25, 0.3) is 5.91 Å². The van der Waals surface area contributed by atoms with Crippen LogP contribution in [-0.2, 0) is 9.53 Å². The van der Waals surface area contributed by atoms with Crippen LogP contribution >= 0.6 is 0 Å². The molecule has 5 nitrogen and oxygen atoms in total. The van der Waals surface area contributed by atoms with Crippen LogP contribution in [0.15, 0.2) is 48.5 Å². The summed E-state index contributed by atoms with van der Waals surface area (Å²) < 4.78 is 5.17. The van der Waals surface area contributed by atoms with E-state index >= 15 is 0 Å². The van der Waals surface area contributed by atoms with Crippen LogP contribution in [0.5, 0.6) is 5.75 Å². The number of nitrogens with one attached hydrogen (secondary N) is 1. The average Bonchev–Trinajstić information content (AvgIpc) is 2.60. The van der Waals surface area contributed by atoms with E-state index in [1.807, 2.05) is 6.92 Å². The van der Waals surface area contributed by atoms with Gasteiger partial charge >= 0.3 is 5.97 Å². The number of amides is 1. The number of carbonyl (C=O) groups excluding carboxylic acids is 2. The molecule has 2 aromatic carbocycles. The van der Waals surface area contributed by atoms with Gasteiger partial charge in [0.15, 0.2) is 6.10 Å². The lowest BCUT2D eigenvalue weighted by Crippen LogP contribution is -2.36. The first kappa shape index (κ1) is 17.5. The van der Waals surface area contributed by atoms with Gasteiger partial charge in [-0.3, -0.25) is 4.79 Å². The Morgan fingerprint density at radius 2 is 1.58 bits per heavy atom. The maximum absolute atomic E-state index is 12.1. The third-order valence-corrected chi connectivity index (χ3v) is 3.52. The summed E-state index contributed by atoms with van der Waals surface area (Å²) in [5, 5.41) is 12.0. The van der Waals surface area contributed by atoms with Crippen LogP contribution in [0.3, 0.4) is 0 Å². The minimum absolute atomic E-state index is 0.203. The minimum atomic E-state index is -0.833. The molecule has 0 aliphatic heterocycles. The Balaban J connectivity index is 2.00. The van der Waals surface area contributed by atoms with Crippen molar-refractivity contribution >= 4 is 11.9 Å². The number of aromatic hydroxyl groups is 1. The van der Waals surface area contributed by atoms with E-state index in [9.17, 15) is 14.7 Å². The minimum Gasteiger partial charge on any atom is -0.508 e. The Kier molecular flexibility index (Phi) is 5.95. The largest absolute Gasteiger partial charge is 0.508 e. The number of phenolic OH excluding ortho intramolecular Hbond substituents is 1. The highest BCUT2D eigenvalue weighted by atomic mass is 16.5. The number of esters is 1. The summed E-state index contributed by atoms with van der Waals surface area (Å²) in [6.45, 7) is 4.06. The molecule has 0 radical (unpaired) electrons. The third-order valence-electron chi connectivity index (χ3n) is 3.52. The number of phenols is 1. The first-order valence-corrected chi connectivity index (χ1v) is 7.89. The molecule has 0 spiro atoms. The van der Waals surface area contributed by atoms with Gasteiger partial charge in [0.2, 0.25) is 0 Å². The van der Waals surface area contributed by atoms with E-state index in [0.717, 1.165) is 17.5 Å². The van der Waals surface area contributed by atoms with Crippen LogP contribution in [0.4, 0.5) is 0 Å². The van der Waals surface area contributed by atoms with Crippen LogP contribution in [-0.4, -0.2) is 29.6 Å². The first-order valence-electron chi connectivity index (χ1n) is 7.89. The molecule has 0 aliphatic carbocycles. The van der Waals surface area contributed by atoms with E-state index in [1.165, 1.54) is 0 Å². The molecule has 1 amide bonds. The monoisotopic (exact) mass is 327 g/mol. The van der Waals surface area contributed by atoms with Crippen molar-refractivity contribution in [1.82, 2.24) is 5.32 Å². The zero-order valence-corrected chi connectivity index (χ0v) is 13.8. The van der Waals surface area contributed by atoms with Crippen molar-refractivity contribution in [2.24, 2.45) is 0 Å². The van der Waals surface area contributed by atoms with Crippen LogP contribution in [0.2, 0.25) is 0 Å². The lowest BCUT2D eigenvalue weighted by molar-refractivity contribution is -0.129. The fourth-order valence-corrected chi connectivity index (χ4v) is 2.13. The van der Waals surface area contributed by atoms with Crippen molar-refractivity contribution < 1.29 is 19.4 Å². The Morgan fingerprint density at radius 3 is 2.12 bits per heavy atom. The van der Waals surface area contributed by atoms with Gasteiger partial charge in [-0.05, 0) is 48.7 Å². The summed E-state index contributed by atoms with van der Waals surface area (Å²) in [5.74, 6) is -0.633. The second-order valence-corrected chi connectivity index (χ2v) is 5.46. The third kappa shape index (κ3) is 4.59. The smallest absolute Gasteiger partial charge is 0.338 e. The molecule has 0 unspecified atom stereocenters. The second kappa shape index (κ2) is 8.15. The fraction of sp³-hybridized carbons (Fsp3) is 0.263. The van der Waals surface area contributed by atoms with Crippen molar-refractivity contribution in [2.45, 2.75) is 26.4 Å². The molecule has 2 rings (SSSR count). The predicted molar refractivity (Wildman–Crippen MR) is 91.7 cm³/mol. The Morgan fingerprint density at radius 1 is 1.04 bits per heavy atom. The van der Waals surface area contributed by atoms with Crippen molar-refractivity contribution in [3.05, 3.63) is 54.1 Å². The number of hydrogen-bond donors (Lipinski definition) is 2. The molecule has 24 heavy (non-hydrogen) atoms. The van der Waals surface area contributed by atoms with Gasteiger partial charge in [0.05, 0.1) is 5.56 Å². The lowest BCUT2D eigenvalue weighted by Gasteiger charge is -2.13. The van der Waals surface area contributed by atoms with Gasteiger partial charge in [-0.2, -0.15) is 0 Å². The van der Waals surface area contributed by atoms with Gasteiger partial charge in [0, 0.05) is 6.54 Å². The number of benzene rings is 2. The van der Waals surface area contributed by atoms with Crippen LogP contribution in [0.25, 0.3) is 11.1 Å². The molecule has 0 fully saturated rings. The highest BCUT2D eigenvalue weighted by molar-refractivity contribution is 5.92. The number of hydrogen-bond acceptors (Lipinski definition) is 4. The maximum atomic E-state index is 12.1. The average molecular weight is 327 g/mol. The number of carbonyl (C=O) groups is 2. The summed E-state index contributed by atoms with van der Waals surface area (Å²) in [4.78, 5) is 23.8. The van der Waals surface area contributed by atoms with E-state index in [2.05, 4.69) is 5.32 Å². The molecule has 0 saturated carbocycles. The standard InChI is InChI=1S/C19H21NO4/c1-3-12-20-18(22)13(2)24-19(23)16-6-4-14(5-7-16)15-8-10-17(21)11-9-15/h4-11,13,21H,3,12H2,1-2H3,(H,20,22)/t13-/m1/s1. The predicted octanol–water partition coefficient (Wildman–Crippen LogP) is 3.13. The highest BCUT2D eigenvalue weighted by Crippen LogP contribution is 2.22. The first-order chi connectivity index (χ1) is 11.5. The van der Waals surface area contributed by atoms with Gasteiger partial charge in [-0.15, -0.1) is 0 Å². The van der Waals surface area contributed by atoms with E-state index < -0.39 is 12.1 Å². The molecule has 5 heteroatoms. The summed E-state index contributed by atoms with van der Waals surface area (Å²) in [5.41, 5.74) is 2.23. The molecule has 126 valence electrons. The molecule has 0 heterocycles. The molecule has 0 saturated heterocycles. The molecule has 2 aromatic rings. The maximum Gasteiger partial charge on any atom is 0.338 e.